The maximum Gasteiger partial charge on any atom is 0.0954 e. The molecular weight excluding hydrogens is 296 g/mol. The molecule has 4 aromatic rings. The SMILES string of the molecule is Clc1cccc2[nH]cc(C(c3cccnc3)n3ccnc3)c12. The van der Waals surface area contributed by atoms with Crippen molar-refractivity contribution in [3.8, 4) is 0 Å². The number of H-pyrrole nitrogens is 1. The van der Waals surface area contributed by atoms with Crippen molar-refractivity contribution in [1.29, 1.82) is 0 Å². The standard InChI is InChI=1S/C17H13ClN4/c18-14-4-1-5-15-16(14)13(10-21-15)17(22-8-7-20-11-22)12-3-2-6-19-9-12/h1-11,17,21H. The highest BCUT2D eigenvalue weighted by atomic mass is 35.5. The highest BCUT2D eigenvalue weighted by molar-refractivity contribution is 6.35. The van der Waals surface area contributed by atoms with Crippen molar-refractivity contribution < 1.29 is 0 Å². The van der Waals surface area contributed by atoms with Crippen LogP contribution in [0.5, 0.6) is 0 Å². The lowest BCUT2D eigenvalue weighted by Gasteiger charge is -2.18. The molecule has 22 heavy (non-hydrogen) atoms. The predicted octanol–water partition coefficient (Wildman–Crippen LogP) is 4.05. The first-order valence-corrected chi connectivity index (χ1v) is 7.35. The maximum absolute atomic E-state index is 6.44. The van der Waals surface area contributed by atoms with Crippen molar-refractivity contribution in [2.24, 2.45) is 0 Å². The Hall–Kier alpha value is -2.59. The van der Waals surface area contributed by atoms with Crippen LogP contribution >= 0.6 is 11.6 Å². The monoisotopic (exact) mass is 308 g/mol. The van der Waals surface area contributed by atoms with Gasteiger partial charge in [0.2, 0.25) is 0 Å². The zero-order valence-electron chi connectivity index (χ0n) is 11.6. The molecule has 1 atom stereocenters. The number of fused-ring (bicyclic) bond motifs is 1. The Morgan fingerprint density at radius 1 is 1.09 bits per heavy atom. The second-order valence-corrected chi connectivity index (χ2v) is 5.51. The van der Waals surface area contributed by atoms with Gasteiger partial charge in [0, 0.05) is 47.5 Å². The van der Waals surface area contributed by atoms with Crippen molar-refractivity contribution in [2.45, 2.75) is 6.04 Å². The number of aromatic nitrogens is 4. The van der Waals surface area contributed by atoms with Crippen LogP contribution < -0.4 is 0 Å². The second-order valence-electron chi connectivity index (χ2n) is 5.11. The molecule has 5 heteroatoms. The fraction of sp³-hybridized carbons (Fsp3) is 0.0588. The number of benzene rings is 1. The zero-order valence-corrected chi connectivity index (χ0v) is 12.4. The highest BCUT2D eigenvalue weighted by Crippen LogP contribution is 2.35. The maximum atomic E-state index is 6.44. The Labute approximate surface area is 132 Å². The van der Waals surface area contributed by atoms with Gasteiger partial charge < -0.3 is 9.55 Å². The Balaban J connectivity index is 1.98. The van der Waals surface area contributed by atoms with Crippen LogP contribution in [0.15, 0.2) is 67.6 Å². The first-order valence-electron chi connectivity index (χ1n) is 6.97. The minimum Gasteiger partial charge on any atom is -0.361 e. The fourth-order valence-electron chi connectivity index (χ4n) is 2.85. The third-order valence-electron chi connectivity index (χ3n) is 3.80. The number of rotatable bonds is 3. The van der Waals surface area contributed by atoms with Crippen LogP contribution in [0.3, 0.4) is 0 Å². The molecule has 0 saturated carbocycles. The van der Waals surface area contributed by atoms with Gasteiger partial charge in [-0.2, -0.15) is 0 Å². The van der Waals surface area contributed by atoms with Crippen molar-refractivity contribution in [3.05, 3.63) is 83.8 Å². The van der Waals surface area contributed by atoms with Crippen molar-refractivity contribution in [3.63, 3.8) is 0 Å². The molecule has 0 aliphatic carbocycles. The number of pyridine rings is 1. The number of hydrogen-bond acceptors (Lipinski definition) is 2. The molecule has 3 heterocycles. The van der Waals surface area contributed by atoms with E-state index in [2.05, 4.69) is 25.6 Å². The molecule has 4 nitrogen and oxygen atoms in total. The Kier molecular flexibility index (Phi) is 3.16. The third-order valence-corrected chi connectivity index (χ3v) is 4.12. The van der Waals surface area contributed by atoms with Gasteiger partial charge >= 0.3 is 0 Å². The van der Waals surface area contributed by atoms with E-state index in [0.717, 1.165) is 27.1 Å². The smallest absolute Gasteiger partial charge is 0.0954 e. The van der Waals surface area contributed by atoms with E-state index in [9.17, 15) is 0 Å². The first-order chi connectivity index (χ1) is 10.8. The summed E-state index contributed by atoms with van der Waals surface area (Å²) in [4.78, 5) is 11.7. The number of nitrogens with zero attached hydrogens (tertiary/aromatic N) is 3. The van der Waals surface area contributed by atoms with Gasteiger partial charge in [0.05, 0.1) is 17.4 Å². The molecule has 0 saturated heterocycles. The molecule has 0 amide bonds. The average Bonchev–Trinajstić information content (AvgIpc) is 3.20. The summed E-state index contributed by atoms with van der Waals surface area (Å²) in [6.45, 7) is 0. The van der Waals surface area contributed by atoms with Gasteiger partial charge in [-0.3, -0.25) is 4.98 Å². The number of hydrogen-bond donors (Lipinski definition) is 1. The third kappa shape index (κ3) is 2.09. The van der Waals surface area contributed by atoms with Gasteiger partial charge in [0.25, 0.3) is 0 Å². The molecule has 1 aromatic carbocycles. The summed E-state index contributed by atoms with van der Waals surface area (Å²) >= 11 is 6.44. The highest BCUT2D eigenvalue weighted by Gasteiger charge is 2.21. The van der Waals surface area contributed by atoms with Crippen LogP contribution in [0, 0.1) is 0 Å². The Morgan fingerprint density at radius 3 is 2.82 bits per heavy atom. The molecule has 0 spiro atoms. The van der Waals surface area contributed by atoms with E-state index in [1.165, 1.54) is 0 Å². The second kappa shape index (κ2) is 5.31. The Morgan fingerprint density at radius 2 is 2.05 bits per heavy atom. The summed E-state index contributed by atoms with van der Waals surface area (Å²) in [6, 6.07) is 9.86. The molecular formula is C17H13ClN4. The minimum absolute atomic E-state index is 0.0233. The van der Waals surface area contributed by atoms with E-state index in [1.54, 1.807) is 12.4 Å². The lowest BCUT2D eigenvalue weighted by molar-refractivity contribution is 0.678. The van der Waals surface area contributed by atoms with Crippen LogP contribution in [0.25, 0.3) is 10.9 Å². The van der Waals surface area contributed by atoms with Crippen molar-refractivity contribution >= 4 is 22.5 Å². The average molecular weight is 309 g/mol. The number of halogens is 1. The van der Waals surface area contributed by atoms with Crippen LogP contribution in [-0.2, 0) is 0 Å². The van der Waals surface area contributed by atoms with E-state index in [-0.39, 0.29) is 6.04 Å². The van der Waals surface area contributed by atoms with E-state index < -0.39 is 0 Å². The van der Waals surface area contributed by atoms with Crippen LogP contribution in [-0.4, -0.2) is 19.5 Å². The molecule has 0 radical (unpaired) electrons. The largest absolute Gasteiger partial charge is 0.361 e. The summed E-state index contributed by atoms with van der Waals surface area (Å²) in [7, 11) is 0. The summed E-state index contributed by atoms with van der Waals surface area (Å²) in [5.74, 6) is 0. The van der Waals surface area contributed by atoms with Crippen LogP contribution in [0.4, 0.5) is 0 Å². The first kappa shape index (κ1) is 13.1. The quantitative estimate of drug-likeness (QED) is 0.620. The molecule has 1 N–H and O–H groups in total. The van der Waals surface area contributed by atoms with Crippen LogP contribution in [0.1, 0.15) is 17.2 Å². The van der Waals surface area contributed by atoms with Gasteiger partial charge in [0.15, 0.2) is 0 Å². The van der Waals surface area contributed by atoms with E-state index in [4.69, 9.17) is 11.6 Å². The molecule has 3 aromatic heterocycles. The Bertz CT molecular complexity index is 897. The van der Waals surface area contributed by atoms with Gasteiger partial charge in [-0.25, -0.2) is 4.98 Å². The van der Waals surface area contributed by atoms with E-state index >= 15 is 0 Å². The zero-order chi connectivity index (χ0) is 14.9. The summed E-state index contributed by atoms with van der Waals surface area (Å²) in [5, 5.41) is 1.77. The van der Waals surface area contributed by atoms with Gasteiger partial charge in [-0.1, -0.05) is 23.7 Å². The number of aromatic amines is 1. The number of nitrogens with one attached hydrogen (secondary N) is 1. The molecule has 0 aliphatic rings. The van der Waals surface area contributed by atoms with Crippen molar-refractivity contribution in [2.75, 3.05) is 0 Å². The molecule has 108 valence electrons. The van der Waals surface area contributed by atoms with Crippen molar-refractivity contribution in [1.82, 2.24) is 19.5 Å². The normalized spacial score (nSPS) is 12.6. The molecule has 1 unspecified atom stereocenters. The molecule has 0 aliphatic heterocycles. The van der Waals surface area contributed by atoms with E-state index in [0.29, 0.717) is 0 Å². The molecule has 0 fully saturated rings. The summed E-state index contributed by atoms with van der Waals surface area (Å²) < 4.78 is 2.06. The van der Waals surface area contributed by atoms with Gasteiger partial charge in [0.1, 0.15) is 0 Å². The van der Waals surface area contributed by atoms with Crippen LogP contribution in [0.2, 0.25) is 5.02 Å². The predicted molar refractivity (Wildman–Crippen MR) is 87.0 cm³/mol. The minimum atomic E-state index is -0.0233. The summed E-state index contributed by atoms with van der Waals surface area (Å²) in [5.41, 5.74) is 3.21. The van der Waals surface area contributed by atoms with E-state index in [1.807, 2.05) is 49.2 Å². The lowest BCUT2D eigenvalue weighted by atomic mass is 9.99. The lowest BCUT2D eigenvalue weighted by Crippen LogP contribution is -2.10. The topological polar surface area (TPSA) is 46.5 Å². The summed E-state index contributed by atoms with van der Waals surface area (Å²) in [6.07, 6.45) is 11.2. The molecule has 0 bridgehead atoms. The number of imidazole rings is 1. The molecule has 4 rings (SSSR count). The van der Waals surface area contributed by atoms with Gasteiger partial charge in [-0.05, 0) is 23.8 Å². The fourth-order valence-corrected chi connectivity index (χ4v) is 3.14. The van der Waals surface area contributed by atoms with Gasteiger partial charge in [-0.15, -0.1) is 0 Å².